The lowest BCUT2D eigenvalue weighted by atomic mass is 10.1. The number of thiocarbonyl (C=S) groups is 1. The third-order valence-electron chi connectivity index (χ3n) is 5.01. The fourth-order valence-electron chi connectivity index (χ4n) is 3.36. The molecule has 0 atom stereocenters. The van der Waals surface area contributed by atoms with E-state index in [9.17, 15) is 14.0 Å². The van der Waals surface area contributed by atoms with E-state index in [0.29, 0.717) is 16.8 Å². The fourth-order valence-corrected chi connectivity index (χ4v) is 3.92. The van der Waals surface area contributed by atoms with Gasteiger partial charge in [-0.15, -0.1) is 0 Å². The monoisotopic (exact) mass is 496 g/mol. The number of hydrogen-bond acceptors (Lipinski definition) is 5. The number of halogens is 2. The van der Waals surface area contributed by atoms with Crippen molar-refractivity contribution in [3.63, 3.8) is 0 Å². The summed E-state index contributed by atoms with van der Waals surface area (Å²) in [5.74, 6) is -1.13. The van der Waals surface area contributed by atoms with Gasteiger partial charge in [-0.1, -0.05) is 48.0 Å². The van der Waals surface area contributed by atoms with Crippen molar-refractivity contribution in [3.05, 3.63) is 94.3 Å². The highest BCUT2D eigenvalue weighted by atomic mass is 35.5. The third-order valence-corrected chi connectivity index (χ3v) is 5.57. The van der Waals surface area contributed by atoms with Crippen molar-refractivity contribution >= 4 is 52.5 Å². The zero-order valence-corrected chi connectivity index (χ0v) is 19.5. The minimum atomic E-state index is -0.628. The minimum Gasteiger partial charge on any atom is -0.493 e. The average molecular weight is 497 g/mol. The van der Waals surface area contributed by atoms with E-state index in [-0.39, 0.29) is 33.8 Å². The van der Waals surface area contributed by atoms with Crippen LogP contribution in [0.15, 0.2) is 72.3 Å². The highest BCUT2D eigenvalue weighted by Crippen LogP contribution is 2.38. The lowest BCUT2D eigenvalue weighted by molar-refractivity contribution is -0.122. The van der Waals surface area contributed by atoms with E-state index in [1.807, 2.05) is 0 Å². The van der Waals surface area contributed by atoms with E-state index in [0.717, 1.165) is 0 Å². The molecule has 3 aromatic rings. The van der Waals surface area contributed by atoms with E-state index in [1.165, 1.54) is 30.2 Å². The van der Waals surface area contributed by atoms with Crippen molar-refractivity contribution in [2.24, 2.45) is 0 Å². The predicted molar refractivity (Wildman–Crippen MR) is 131 cm³/mol. The Bertz CT molecular complexity index is 1310. The maximum atomic E-state index is 13.9. The number of ether oxygens (including phenoxy) is 2. The smallest absolute Gasteiger partial charge is 0.270 e. The molecule has 0 unspecified atom stereocenters. The van der Waals surface area contributed by atoms with Crippen LogP contribution in [0.4, 0.5) is 10.1 Å². The van der Waals surface area contributed by atoms with Gasteiger partial charge in [0, 0.05) is 5.56 Å². The zero-order chi connectivity index (χ0) is 24.2. The Kier molecular flexibility index (Phi) is 6.90. The van der Waals surface area contributed by atoms with Crippen molar-refractivity contribution < 1.29 is 23.5 Å². The van der Waals surface area contributed by atoms with Crippen LogP contribution in [0.25, 0.3) is 6.08 Å². The third kappa shape index (κ3) is 4.78. The lowest BCUT2D eigenvalue weighted by Crippen LogP contribution is -2.54. The zero-order valence-electron chi connectivity index (χ0n) is 17.9. The number of amides is 2. The summed E-state index contributed by atoms with van der Waals surface area (Å²) < 4.78 is 25.0. The van der Waals surface area contributed by atoms with Crippen LogP contribution >= 0.6 is 23.8 Å². The molecule has 0 aliphatic carbocycles. The number of benzene rings is 3. The summed E-state index contributed by atoms with van der Waals surface area (Å²) in [6.07, 6.45) is 1.39. The van der Waals surface area contributed by atoms with E-state index >= 15 is 0 Å². The van der Waals surface area contributed by atoms with Crippen molar-refractivity contribution in [1.82, 2.24) is 5.32 Å². The standard InChI is InChI=1S/C25H18ClFN2O4S/c1-32-21-13-15(12-19(26)22(21)33-14-16-7-5-6-10-20(16)27)11-18-23(30)28-25(34)29(24(18)31)17-8-3-2-4-9-17/h2-13H,14H2,1H3,(H,28,30,34)/b18-11-. The molecule has 6 nitrogen and oxygen atoms in total. The van der Waals surface area contributed by atoms with Crippen LogP contribution < -0.4 is 19.7 Å². The van der Waals surface area contributed by atoms with Gasteiger partial charge >= 0.3 is 0 Å². The van der Waals surface area contributed by atoms with Crippen LogP contribution in [0, 0.1) is 5.82 Å². The van der Waals surface area contributed by atoms with E-state index in [2.05, 4.69) is 5.32 Å². The van der Waals surface area contributed by atoms with Gasteiger partial charge in [-0.3, -0.25) is 19.8 Å². The Morgan fingerprint density at radius 3 is 2.50 bits per heavy atom. The Hall–Kier alpha value is -3.75. The van der Waals surface area contributed by atoms with Gasteiger partial charge in [-0.25, -0.2) is 4.39 Å². The number of anilines is 1. The Labute approximate surface area is 205 Å². The molecule has 0 bridgehead atoms. The molecular weight excluding hydrogens is 479 g/mol. The molecule has 0 radical (unpaired) electrons. The molecule has 1 heterocycles. The van der Waals surface area contributed by atoms with Gasteiger partial charge < -0.3 is 9.47 Å². The first-order valence-electron chi connectivity index (χ1n) is 10.1. The molecule has 172 valence electrons. The molecule has 0 saturated carbocycles. The molecule has 34 heavy (non-hydrogen) atoms. The molecule has 0 spiro atoms. The number of nitrogens with one attached hydrogen (secondary N) is 1. The molecular formula is C25H18ClFN2O4S. The highest BCUT2D eigenvalue weighted by molar-refractivity contribution is 7.80. The molecule has 1 N–H and O–H groups in total. The van der Waals surface area contributed by atoms with Gasteiger partial charge in [0.15, 0.2) is 16.6 Å². The molecule has 3 aromatic carbocycles. The van der Waals surface area contributed by atoms with Gasteiger partial charge in [0.2, 0.25) is 0 Å². The van der Waals surface area contributed by atoms with Crippen molar-refractivity contribution in [3.8, 4) is 11.5 Å². The first kappa shape index (κ1) is 23.4. The number of carbonyl (C=O) groups is 2. The summed E-state index contributed by atoms with van der Waals surface area (Å²) in [4.78, 5) is 26.9. The number of carbonyl (C=O) groups excluding carboxylic acids is 2. The molecule has 4 rings (SSSR count). The van der Waals surface area contributed by atoms with Gasteiger partial charge in [-0.2, -0.15) is 0 Å². The number of hydrogen-bond donors (Lipinski definition) is 1. The van der Waals surface area contributed by atoms with Crippen LogP contribution in [-0.4, -0.2) is 24.0 Å². The lowest BCUT2D eigenvalue weighted by Gasteiger charge is -2.28. The summed E-state index contributed by atoms with van der Waals surface area (Å²) in [6, 6.07) is 18.1. The Morgan fingerprint density at radius 1 is 1.09 bits per heavy atom. The summed E-state index contributed by atoms with van der Waals surface area (Å²) in [7, 11) is 1.42. The molecule has 1 aliphatic heterocycles. The molecule has 9 heteroatoms. The van der Waals surface area contributed by atoms with Crippen LogP contribution in [0.2, 0.25) is 5.02 Å². The largest absolute Gasteiger partial charge is 0.493 e. The van der Waals surface area contributed by atoms with E-state index in [4.69, 9.17) is 33.3 Å². The quantitative estimate of drug-likeness (QED) is 0.299. The van der Waals surface area contributed by atoms with Crippen molar-refractivity contribution in [2.75, 3.05) is 12.0 Å². The van der Waals surface area contributed by atoms with Gasteiger partial charge in [0.1, 0.15) is 18.0 Å². The first-order chi connectivity index (χ1) is 16.4. The molecule has 2 amide bonds. The maximum Gasteiger partial charge on any atom is 0.270 e. The number of rotatable bonds is 6. The van der Waals surface area contributed by atoms with Crippen molar-refractivity contribution in [2.45, 2.75) is 6.61 Å². The van der Waals surface area contributed by atoms with Crippen LogP contribution in [0.5, 0.6) is 11.5 Å². The van der Waals surface area contributed by atoms with E-state index < -0.39 is 17.6 Å². The predicted octanol–water partition coefficient (Wildman–Crippen LogP) is 4.90. The Balaban J connectivity index is 1.65. The van der Waals surface area contributed by atoms with Crippen LogP contribution in [-0.2, 0) is 16.2 Å². The molecule has 1 saturated heterocycles. The second-order valence-electron chi connectivity index (χ2n) is 7.21. The second kappa shape index (κ2) is 10.0. The van der Waals surface area contributed by atoms with Gasteiger partial charge in [0.25, 0.3) is 11.8 Å². The molecule has 1 fully saturated rings. The summed E-state index contributed by atoms with van der Waals surface area (Å²) in [6.45, 7) is -0.0619. The summed E-state index contributed by atoms with van der Waals surface area (Å²) in [5.41, 5.74) is 1.18. The fraction of sp³-hybridized carbons (Fsp3) is 0.0800. The Morgan fingerprint density at radius 2 is 1.79 bits per heavy atom. The second-order valence-corrected chi connectivity index (χ2v) is 8.00. The normalized spacial score (nSPS) is 14.9. The topological polar surface area (TPSA) is 67.9 Å². The first-order valence-corrected chi connectivity index (χ1v) is 10.9. The highest BCUT2D eigenvalue weighted by Gasteiger charge is 2.34. The van der Waals surface area contributed by atoms with Crippen LogP contribution in [0.1, 0.15) is 11.1 Å². The van der Waals surface area contributed by atoms with E-state index in [1.54, 1.807) is 54.6 Å². The number of methoxy groups -OCH3 is 1. The summed E-state index contributed by atoms with van der Waals surface area (Å²) in [5, 5.41) is 2.69. The molecule has 1 aliphatic rings. The SMILES string of the molecule is COc1cc(/C=C2/C(=O)NC(=S)N(c3ccccc3)C2=O)cc(Cl)c1OCc1ccccc1F. The van der Waals surface area contributed by atoms with Crippen molar-refractivity contribution in [1.29, 1.82) is 0 Å². The number of para-hydroxylation sites is 1. The molecule has 0 aromatic heterocycles. The summed E-state index contributed by atoms with van der Waals surface area (Å²) >= 11 is 11.6. The number of nitrogens with zero attached hydrogens (tertiary/aromatic N) is 1. The van der Waals surface area contributed by atoms with Gasteiger partial charge in [0.05, 0.1) is 17.8 Å². The minimum absolute atomic E-state index is 0.00847. The average Bonchev–Trinajstić information content (AvgIpc) is 2.82. The van der Waals surface area contributed by atoms with Gasteiger partial charge in [-0.05, 0) is 54.2 Å². The maximum absolute atomic E-state index is 13.9. The van der Waals surface area contributed by atoms with Crippen LogP contribution in [0.3, 0.4) is 0 Å².